The van der Waals surface area contributed by atoms with Crippen LogP contribution in [0.4, 0.5) is 0 Å². The topological polar surface area (TPSA) is 12.0 Å². The van der Waals surface area contributed by atoms with E-state index in [1.807, 2.05) is 11.8 Å². The van der Waals surface area contributed by atoms with E-state index in [9.17, 15) is 0 Å². The molecule has 0 saturated heterocycles. The number of nitrogens with one attached hydrogen (secondary N) is 1. The normalized spacial score (nSPS) is 30.2. The van der Waals surface area contributed by atoms with Crippen molar-refractivity contribution in [1.29, 1.82) is 0 Å². The Morgan fingerprint density at radius 2 is 2.07 bits per heavy atom. The van der Waals surface area contributed by atoms with Crippen LogP contribution in [0, 0.1) is 11.8 Å². The van der Waals surface area contributed by atoms with Crippen molar-refractivity contribution in [2.45, 2.75) is 45.6 Å². The lowest BCUT2D eigenvalue weighted by molar-refractivity contribution is 0.273. The summed E-state index contributed by atoms with van der Waals surface area (Å²) in [6, 6.07) is 0.799. The summed E-state index contributed by atoms with van der Waals surface area (Å²) < 4.78 is 0. The SMILES string of the molecule is CSCC(C)CNC1CCCCC1C. The highest BCUT2D eigenvalue weighted by molar-refractivity contribution is 7.98. The molecule has 84 valence electrons. The molecule has 3 atom stereocenters. The zero-order valence-corrected chi connectivity index (χ0v) is 10.7. The van der Waals surface area contributed by atoms with Crippen LogP contribution in [0.2, 0.25) is 0 Å². The lowest BCUT2D eigenvalue weighted by atomic mass is 9.86. The number of hydrogen-bond acceptors (Lipinski definition) is 2. The van der Waals surface area contributed by atoms with Crippen molar-refractivity contribution < 1.29 is 0 Å². The van der Waals surface area contributed by atoms with Gasteiger partial charge in [-0.1, -0.05) is 26.7 Å². The van der Waals surface area contributed by atoms with Crippen LogP contribution in [0.5, 0.6) is 0 Å². The van der Waals surface area contributed by atoms with Gasteiger partial charge in [0.05, 0.1) is 0 Å². The summed E-state index contributed by atoms with van der Waals surface area (Å²) in [6.07, 6.45) is 7.89. The van der Waals surface area contributed by atoms with Crippen LogP contribution in [0.15, 0.2) is 0 Å². The molecule has 0 aliphatic heterocycles. The van der Waals surface area contributed by atoms with E-state index in [4.69, 9.17) is 0 Å². The van der Waals surface area contributed by atoms with Gasteiger partial charge in [0.2, 0.25) is 0 Å². The molecule has 1 saturated carbocycles. The fourth-order valence-corrected chi connectivity index (χ4v) is 3.00. The van der Waals surface area contributed by atoms with E-state index >= 15 is 0 Å². The number of hydrogen-bond donors (Lipinski definition) is 1. The van der Waals surface area contributed by atoms with Crippen molar-refractivity contribution in [1.82, 2.24) is 5.32 Å². The van der Waals surface area contributed by atoms with E-state index in [-0.39, 0.29) is 0 Å². The van der Waals surface area contributed by atoms with E-state index < -0.39 is 0 Å². The fraction of sp³-hybridized carbons (Fsp3) is 1.00. The Balaban J connectivity index is 2.15. The Kier molecular flexibility index (Phi) is 5.95. The largest absolute Gasteiger partial charge is 0.313 e. The van der Waals surface area contributed by atoms with E-state index in [0.29, 0.717) is 0 Å². The van der Waals surface area contributed by atoms with E-state index in [1.54, 1.807) is 0 Å². The molecule has 1 rings (SSSR count). The summed E-state index contributed by atoms with van der Waals surface area (Å²) in [7, 11) is 0. The van der Waals surface area contributed by atoms with Crippen LogP contribution >= 0.6 is 11.8 Å². The van der Waals surface area contributed by atoms with E-state index in [2.05, 4.69) is 25.4 Å². The third-order valence-electron chi connectivity index (χ3n) is 3.29. The average molecular weight is 215 g/mol. The molecule has 1 aliphatic rings. The molecular weight excluding hydrogens is 190 g/mol. The third-order valence-corrected chi connectivity index (χ3v) is 4.19. The molecular formula is C12H25NS. The molecule has 14 heavy (non-hydrogen) atoms. The maximum Gasteiger partial charge on any atom is 0.00928 e. The Bertz CT molecular complexity index is 149. The lowest BCUT2D eigenvalue weighted by Crippen LogP contribution is -2.39. The minimum Gasteiger partial charge on any atom is -0.313 e. The van der Waals surface area contributed by atoms with Crippen LogP contribution in [0.25, 0.3) is 0 Å². The second-order valence-corrected chi connectivity index (χ2v) is 5.75. The molecule has 0 heterocycles. The standard InChI is InChI=1S/C12H25NS/c1-10(9-14-3)8-13-12-7-5-4-6-11(12)2/h10-13H,4-9H2,1-3H3. The highest BCUT2D eigenvalue weighted by Gasteiger charge is 2.20. The maximum absolute atomic E-state index is 3.74. The van der Waals surface area contributed by atoms with Gasteiger partial charge in [0.1, 0.15) is 0 Å². The quantitative estimate of drug-likeness (QED) is 0.756. The Morgan fingerprint density at radius 3 is 2.71 bits per heavy atom. The van der Waals surface area contributed by atoms with Crippen LogP contribution < -0.4 is 5.32 Å². The van der Waals surface area contributed by atoms with Gasteiger partial charge in [0.25, 0.3) is 0 Å². The maximum atomic E-state index is 3.74. The van der Waals surface area contributed by atoms with Crippen molar-refractivity contribution in [2.24, 2.45) is 11.8 Å². The first-order valence-corrected chi connectivity index (χ1v) is 7.35. The molecule has 0 bridgehead atoms. The minimum absolute atomic E-state index is 0.799. The van der Waals surface area contributed by atoms with E-state index in [1.165, 1.54) is 38.0 Å². The van der Waals surface area contributed by atoms with Gasteiger partial charge in [-0.05, 0) is 43.2 Å². The molecule has 1 N–H and O–H groups in total. The zero-order chi connectivity index (χ0) is 10.4. The Morgan fingerprint density at radius 1 is 1.36 bits per heavy atom. The summed E-state index contributed by atoms with van der Waals surface area (Å²) in [5, 5.41) is 3.74. The summed E-state index contributed by atoms with van der Waals surface area (Å²) in [5.41, 5.74) is 0. The van der Waals surface area contributed by atoms with Gasteiger partial charge in [-0.2, -0.15) is 11.8 Å². The molecule has 0 aromatic heterocycles. The smallest absolute Gasteiger partial charge is 0.00928 e. The van der Waals surface area contributed by atoms with Gasteiger partial charge in [-0.25, -0.2) is 0 Å². The lowest BCUT2D eigenvalue weighted by Gasteiger charge is -2.30. The van der Waals surface area contributed by atoms with Crippen molar-refractivity contribution in [3.05, 3.63) is 0 Å². The second kappa shape index (κ2) is 6.73. The van der Waals surface area contributed by atoms with Gasteiger partial charge in [-0.15, -0.1) is 0 Å². The molecule has 0 aromatic carbocycles. The Labute approximate surface area is 93.4 Å². The number of rotatable bonds is 5. The minimum atomic E-state index is 0.799. The van der Waals surface area contributed by atoms with Gasteiger partial charge in [0, 0.05) is 6.04 Å². The second-order valence-electron chi connectivity index (χ2n) is 4.84. The summed E-state index contributed by atoms with van der Waals surface area (Å²) in [4.78, 5) is 0. The molecule has 0 radical (unpaired) electrons. The molecule has 0 amide bonds. The summed E-state index contributed by atoms with van der Waals surface area (Å²) in [5.74, 6) is 3.00. The molecule has 2 heteroatoms. The van der Waals surface area contributed by atoms with Crippen LogP contribution in [0.1, 0.15) is 39.5 Å². The van der Waals surface area contributed by atoms with Crippen molar-refractivity contribution in [3.63, 3.8) is 0 Å². The Hall–Kier alpha value is 0.310. The predicted octanol–water partition coefficient (Wildman–Crippen LogP) is 3.15. The first-order valence-electron chi connectivity index (χ1n) is 5.96. The number of thioether (sulfide) groups is 1. The van der Waals surface area contributed by atoms with Gasteiger partial charge < -0.3 is 5.32 Å². The molecule has 3 unspecified atom stereocenters. The first-order chi connectivity index (χ1) is 6.74. The molecule has 1 nitrogen and oxygen atoms in total. The summed E-state index contributed by atoms with van der Waals surface area (Å²) in [6.45, 7) is 5.95. The molecule has 1 aliphatic carbocycles. The molecule has 0 aromatic rings. The van der Waals surface area contributed by atoms with Crippen LogP contribution in [0.3, 0.4) is 0 Å². The monoisotopic (exact) mass is 215 g/mol. The summed E-state index contributed by atoms with van der Waals surface area (Å²) >= 11 is 1.96. The third kappa shape index (κ3) is 4.22. The fourth-order valence-electron chi connectivity index (χ4n) is 2.32. The predicted molar refractivity (Wildman–Crippen MR) is 67.0 cm³/mol. The van der Waals surface area contributed by atoms with Crippen molar-refractivity contribution in [3.8, 4) is 0 Å². The van der Waals surface area contributed by atoms with Crippen LogP contribution in [-0.2, 0) is 0 Å². The zero-order valence-electron chi connectivity index (χ0n) is 9.88. The van der Waals surface area contributed by atoms with E-state index in [0.717, 1.165) is 17.9 Å². The van der Waals surface area contributed by atoms with Gasteiger partial charge in [0.15, 0.2) is 0 Å². The van der Waals surface area contributed by atoms with Crippen LogP contribution in [-0.4, -0.2) is 24.6 Å². The van der Waals surface area contributed by atoms with Crippen molar-refractivity contribution >= 4 is 11.8 Å². The molecule has 1 fully saturated rings. The molecule has 0 spiro atoms. The average Bonchev–Trinajstić information content (AvgIpc) is 2.17. The highest BCUT2D eigenvalue weighted by Crippen LogP contribution is 2.23. The highest BCUT2D eigenvalue weighted by atomic mass is 32.2. The van der Waals surface area contributed by atoms with Crippen molar-refractivity contribution in [2.75, 3.05) is 18.6 Å². The van der Waals surface area contributed by atoms with Gasteiger partial charge >= 0.3 is 0 Å². The first kappa shape index (κ1) is 12.4. The van der Waals surface area contributed by atoms with Gasteiger partial charge in [-0.3, -0.25) is 0 Å².